The SMILES string of the molecule is C=C[Si]1O[Si](C=C)O[Si](C=C)O[Si](C=C)O1. The lowest BCUT2D eigenvalue weighted by Crippen LogP contribution is -2.46. The highest BCUT2D eigenvalue weighted by atomic mass is 28.5. The minimum atomic E-state index is -1.55. The second kappa shape index (κ2) is 7.08. The van der Waals surface area contributed by atoms with Crippen LogP contribution in [0.15, 0.2) is 49.1 Å². The first kappa shape index (κ1) is 13.7. The number of rotatable bonds is 4. The molecule has 0 bridgehead atoms. The van der Waals surface area contributed by atoms with Gasteiger partial charge in [0.15, 0.2) is 0 Å². The summed E-state index contributed by atoms with van der Waals surface area (Å²) in [6.45, 7) is 14.7. The van der Waals surface area contributed by atoms with Crippen molar-refractivity contribution in [2.24, 2.45) is 0 Å². The van der Waals surface area contributed by atoms with Crippen molar-refractivity contribution >= 4 is 37.1 Å². The molecule has 0 N–H and O–H groups in total. The Morgan fingerprint density at radius 2 is 0.688 bits per heavy atom. The summed E-state index contributed by atoms with van der Waals surface area (Å²) in [5.74, 6) is 0. The van der Waals surface area contributed by atoms with Crippen LogP contribution in [0.25, 0.3) is 0 Å². The lowest BCUT2D eigenvalue weighted by atomic mass is 11.3. The molecule has 1 saturated heterocycles. The van der Waals surface area contributed by atoms with Crippen LogP contribution in [-0.2, 0) is 16.5 Å². The third-order valence-electron chi connectivity index (χ3n) is 1.47. The minimum Gasteiger partial charge on any atom is -0.407 e. The van der Waals surface area contributed by atoms with Crippen LogP contribution < -0.4 is 0 Å². The van der Waals surface area contributed by atoms with E-state index >= 15 is 0 Å². The summed E-state index contributed by atoms with van der Waals surface area (Å²) in [7, 11) is -6.22. The van der Waals surface area contributed by atoms with Crippen molar-refractivity contribution in [3.05, 3.63) is 49.1 Å². The highest BCUT2D eigenvalue weighted by Crippen LogP contribution is 2.09. The van der Waals surface area contributed by atoms with Gasteiger partial charge in [-0.3, -0.25) is 0 Å². The first-order chi connectivity index (χ1) is 7.73. The summed E-state index contributed by atoms with van der Waals surface area (Å²) in [6, 6.07) is 0. The molecule has 0 amide bonds. The normalized spacial score (nSPS) is 22.0. The molecule has 0 aromatic carbocycles. The Balaban J connectivity index is 2.75. The topological polar surface area (TPSA) is 36.9 Å². The van der Waals surface area contributed by atoms with Gasteiger partial charge >= 0.3 is 37.1 Å². The Kier molecular flexibility index (Phi) is 6.08. The average molecular weight is 285 g/mol. The van der Waals surface area contributed by atoms with Crippen LogP contribution in [0.1, 0.15) is 0 Å². The zero-order valence-corrected chi connectivity index (χ0v) is 12.8. The Bertz CT molecular complexity index is 221. The van der Waals surface area contributed by atoms with Crippen molar-refractivity contribution in [1.29, 1.82) is 0 Å². The highest BCUT2D eigenvalue weighted by molar-refractivity contribution is 6.79. The monoisotopic (exact) mass is 284 g/mol. The van der Waals surface area contributed by atoms with Gasteiger partial charge in [-0.05, 0) is 22.8 Å². The first-order valence-corrected chi connectivity index (χ1v) is 10.00. The van der Waals surface area contributed by atoms with E-state index in [9.17, 15) is 0 Å². The van der Waals surface area contributed by atoms with Gasteiger partial charge in [0.25, 0.3) is 0 Å². The molecule has 1 aliphatic heterocycles. The molecular formula is C8H12O4Si4. The van der Waals surface area contributed by atoms with Crippen LogP contribution in [-0.4, -0.2) is 37.1 Å². The van der Waals surface area contributed by atoms with E-state index in [0.29, 0.717) is 0 Å². The Morgan fingerprint density at radius 1 is 0.500 bits per heavy atom. The van der Waals surface area contributed by atoms with Gasteiger partial charge in [-0.1, -0.05) is 0 Å². The van der Waals surface area contributed by atoms with Gasteiger partial charge in [0.2, 0.25) is 0 Å². The molecule has 0 saturated carbocycles. The van der Waals surface area contributed by atoms with E-state index in [1.165, 1.54) is 0 Å². The van der Waals surface area contributed by atoms with Crippen molar-refractivity contribution < 1.29 is 16.5 Å². The lowest BCUT2D eigenvalue weighted by molar-refractivity contribution is 0.306. The van der Waals surface area contributed by atoms with Crippen molar-refractivity contribution in [3.8, 4) is 0 Å². The van der Waals surface area contributed by atoms with E-state index in [2.05, 4.69) is 26.3 Å². The molecular weight excluding hydrogens is 272 g/mol. The molecule has 0 spiro atoms. The van der Waals surface area contributed by atoms with Gasteiger partial charge in [-0.2, -0.15) is 0 Å². The van der Waals surface area contributed by atoms with Crippen molar-refractivity contribution in [1.82, 2.24) is 0 Å². The number of hydrogen-bond donors (Lipinski definition) is 0. The fraction of sp³-hybridized carbons (Fsp3) is 0. The van der Waals surface area contributed by atoms with Gasteiger partial charge in [-0.25, -0.2) is 0 Å². The Labute approximate surface area is 103 Å². The summed E-state index contributed by atoms with van der Waals surface area (Å²) < 4.78 is 22.6. The fourth-order valence-corrected chi connectivity index (χ4v) is 8.82. The molecule has 1 fully saturated rings. The summed E-state index contributed by atoms with van der Waals surface area (Å²) in [4.78, 5) is 0. The fourth-order valence-electron chi connectivity index (χ4n) is 0.813. The van der Waals surface area contributed by atoms with E-state index < -0.39 is 37.1 Å². The molecule has 1 rings (SSSR count). The summed E-state index contributed by atoms with van der Waals surface area (Å²) in [5, 5.41) is 0. The zero-order chi connectivity index (χ0) is 12.0. The minimum absolute atomic E-state index is 1.55. The Hall–Kier alpha value is -0.332. The van der Waals surface area contributed by atoms with Crippen molar-refractivity contribution in [2.75, 3.05) is 0 Å². The molecule has 4 radical (unpaired) electrons. The molecule has 0 aromatic heterocycles. The largest absolute Gasteiger partial charge is 0.407 e. The van der Waals surface area contributed by atoms with E-state index in [0.717, 1.165) is 0 Å². The van der Waals surface area contributed by atoms with Gasteiger partial charge in [-0.15, -0.1) is 26.3 Å². The summed E-state index contributed by atoms with van der Waals surface area (Å²) >= 11 is 0. The van der Waals surface area contributed by atoms with Crippen LogP contribution in [0.2, 0.25) is 0 Å². The predicted molar refractivity (Wildman–Crippen MR) is 68.1 cm³/mol. The second-order valence-electron chi connectivity index (χ2n) is 2.50. The maximum absolute atomic E-state index is 5.65. The van der Waals surface area contributed by atoms with E-state index in [-0.39, 0.29) is 0 Å². The van der Waals surface area contributed by atoms with Gasteiger partial charge in [0.1, 0.15) is 0 Å². The van der Waals surface area contributed by atoms with Crippen molar-refractivity contribution in [3.63, 3.8) is 0 Å². The third kappa shape index (κ3) is 3.92. The zero-order valence-electron chi connectivity index (χ0n) is 8.77. The maximum Gasteiger partial charge on any atom is 0.396 e. The maximum atomic E-state index is 5.65. The molecule has 0 aliphatic carbocycles. The summed E-state index contributed by atoms with van der Waals surface area (Å²) in [6.07, 6.45) is 0. The first-order valence-electron chi connectivity index (χ1n) is 4.42. The highest BCUT2D eigenvalue weighted by Gasteiger charge is 2.33. The molecule has 0 unspecified atom stereocenters. The van der Waals surface area contributed by atoms with E-state index in [1.807, 2.05) is 0 Å². The smallest absolute Gasteiger partial charge is 0.396 e. The van der Waals surface area contributed by atoms with Gasteiger partial charge < -0.3 is 16.5 Å². The van der Waals surface area contributed by atoms with E-state index in [1.54, 1.807) is 22.8 Å². The second-order valence-corrected chi connectivity index (χ2v) is 9.95. The Morgan fingerprint density at radius 3 is 0.812 bits per heavy atom. The molecule has 0 aromatic rings. The number of hydrogen-bond acceptors (Lipinski definition) is 4. The molecule has 0 atom stereocenters. The molecule has 4 nitrogen and oxygen atoms in total. The predicted octanol–water partition coefficient (Wildman–Crippen LogP) is 0.920. The van der Waals surface area contributed by atoms with Crippen LogP contribution in [0.3, 0.4) is 0 Å². The molecule has 84 valence electrons. The van der Waals surface area contributed by atoms with Crippen LogP contribution >= 0.6 is 0 Å². The molecule has 8 heteroatoms. The third-order valence-corrected chi connectivity index (χ3v) is 9.24. The molecule has 1 heterocycles. The van der Waals surface area contributed by atoms with E-state index in [4.69, 9.17) is 16.5 Å². The quantitative estimate of drug-likeness (QED) is 0.720. The van der Waals surface area contributed by atoms with Gasteiger partial charge in [0.05, 0.1) is 0 Å². The van der Waals surface area contributed by atoms with Crippen LogP contribution in [0.4, 0.5) is 0 Å². The lowest BCUT2D eigenvalue weighted by Gasteiger charge is -2.26. The average Bonchev–Trinajstić information content (AvgIpc) is 2.29. The van der Waals surface area contributed by atoms with Crippen molar-refractivity contribution in [2.45, 2.75) is 0 Å². The standard InChI is InChI=1S/C8H12O4Si4/c1-5-13-9-14(6-2)11-16(8-4)12-15(7-3)10-13/h5-8H,1-4H2. The van der Waals surface area contributed by atoms with Crippen LogP contribution in [0.5, 0.6) is 0 Å². The molecule has 1 aliphatic rings. The van der Waals surface area contributed by atoms with Gasteiger partial charge in [0, 0.05) is 0 Å². The van der Waals surface area contributed by atoms with Crippen LogP contribution in [0, 0.1) is 0 Å². The molecule has 16 heavy (non-hydrogen) atoms. The summed E-state index contributed by atoms with van der Waals surface area (Å²) in [5.41, 5.74) is 6.63.